The minimum atomic E-state index is 0.0161. The van der Waals surface area contributed by atoms with Crippen LogP contribution in [0, 0.1) is 6.92 Å². The summed E-state index contributed by atoms with van der Waals surface area (Å²) in [7, 11) is 0. The Balaban J connectivity index is 2.76. The van der Waals surface area contributed by atoms with Crippen molar-refractivity contribution in [1.82, 2.24) is 9.38 Å². The lowest BCUT2D eigenvalue weighted by Crippen LogP contribution is -2.14. The Morgan fingerprint density at radius 3 is 2.57 bits per heavy atom. The van der Waals surface area contributed by atoms with Crippen molar-refractivity contribution in [2.45, 2.75) is 33.1 Å². The summed E-state index contributed by atoms with van der Waals surface area (Å²) in [4.78, 5) is 5.55. The minimum Gasteiger partial charge on any atom is -0.383 e. The second-order valence-corrected chi connectivity index (χ2v) is 5.43. The molecule has 3 nitrogen and oxygen atoms in total. The molecule has 0 saturated heterocycles. The predicted molar refractivity (Wildman–Crippen MR) is 60.9 cm³/mol. The standard InChI is InChI=1S/C10H15N3S/c1-6-5-14-9-12-7(10(2,3)4)8(11)13(6)9/h5H,11H2,1-4H3. The fourth-order valence-electron chi connectivity index (χ4n) is 1.57. The summed E-state index contributed by atoms with van der Waals surface area (Å²) in [6, 6.07) is 0. The number of anilines is 1. The van der Waals surface area contributed by atoms with E-state index in [-0.39, 0.29) is 5.41 Å². The number of nitrogen functional groups attached to an aromatic ring is 1. The number of hydrogen-bond donors (Lipinski definition) is 1. The summed E-state index contributed by atoms with van der Waals surface area (Å²) in [5, 5.41) is 2.07. The third-order valence-corrected chi connectivity index (χ3v) is 3.22. The van der Waals surface area contributed by atoms with Gasteiger partial charge >= 0.3 is 0 Å². The molecule has 4 heteroatoms. The Morgan fingerprint density at radius 1 is 1.43 bits per heavy atom. The van der Waals surface area contributed by atoms with Crippen molar-refractivity contribution < 1.29 is 0 Å². The summed E-state index contributed by atoms with van der Waals surface area (Å²) in [5.41, 5.74) is 8.24. The highest BCUT2D eigenvalue weighted by molar-refractivity contribution is 7.15. The molecule has 0 aliphatic rings. The Bertz CT molecular complexity index is 473. The normalized spacial score (nSPS) is 12.6. The highest BCUT2D eigenvalue weighted by atomic mass is 32.1. The Kier molecular flexibility index (Phi) is 1.86. The Labute approximate surface area is 87.6 Å². The molecule has 0 fully saturated rings. The van der Waals surface area contributed by atoms with Crippen molar-refractivity contribution in [2.24, 2.45) is 0 Å². The summed E-state index contributed by atoms with van der Waals surface area (Å²) in [5.74, 6) is 0.784. The molecule has 76 valence electrons. The van der Waals surface area contributed by atoms with E-state index in [2.05, 4.69) is 31.1 Å². The molecule has 0 spiro atoms. The third-order valence-electron chi connectivity index (χ3n) is 2.28. The van der Waals surface area contributed by atoms with Crippen LogP contribution in [0.1, 0.15) is 32.2 Å². The molecule has 14 heavy (non-hydrogen) atoms. The molecule has 0 amide bonds. The fraction of sp³-hybridized carbons (Fsp3) is 0.500. The average Bonchev–Trinajstić information content (AvgIpc) is 2.53. The second-order valence-electron chi connectivity index (χ2n) is 4.59. The van der Waals surface area contributed by atoms with Gasteiger partial charge in [-0.2, -0.15) is 0 Å². The van der Waals surface area contributed by atoms with Crippen LogP contribution in [0.3, 0.4) is 0 Å². The van der Waals surface area contributed by atoms with E-state index in [1.807, 2.05) is 11.3 Å². The number of aryl methyl sites for hydroxylation is 1. The number of aromatic nitrogens is 2. The lowest BCUT2D eigenvalue weighted by atomic mass is 9.92. The van der Waals surface area contributed by atoms with E-state index in [1.54, 1.807) is 11.3 Å². The van der Waals surface area contributed by atoms with Gasteiger partial charge in [0.25, 0.3) is 0 Å². The van der Waals surface area contributed by atoms with Crippen molar-refractivity contribution >= 4 is 22.1 Å². The van der Waals surface area contributed by atoms with E-state index >= 15 is 0 Å². The van der Waals surface area contributed by atoms with Crippen molar-refractivity contribution in [3.63, 3.8) is 0 Å². The molecule has 2 heterocycles. The number of thiazole rings is 1. The zero-order valence-electron chi connectivity index (χ0n) is 8.96. The molecular weight excluding hydrogens is 194 g/mol. The van der Waals surface area contributed by atoms with Crippen molar-refractivity contribution in [3.05, 3.63) is 16.8 Å². The maximum atomic E-state index is 6.08. The molecule has 2 N–H and O–H groups in total. The van der Waals surface area contributed by atoms with Crippen molar-refractivity contribution in [2.75, 3.05) is 5.73 Å². The van der Waals surface area contributed by atoms with Crippen LogP contribution in [-0.4, -0.2) is 9.38 Å². The number of rotatable bonds is 0. The van der Waals surface area contributed by atoms with Gasteiger partial charge in [0.15, 0.2) is 4.96 Å². The molecule has 0 aliphatic heterocycles. The van der Waals surface area contributed by atoms with E-state index in [4.69, 9.17) is 5.73 Å². The smallest absolute Gasteiger partial charge is 0.195 e. The molecule has 0 atom stereocenters. The molecule has 2 aromatic heterocycles. The first-order chi connectivity index (χ1) is 6.41. The molecule has 0 saturated carbocycles. The van der Waals surface area contributed by atoms with Crippen LogP contribution in [0.5, 0.6) is 0 Å². The van der Waals surface area contributed by atoms with Gasteiger partial charge in [-0.1, -0.05) is 20.8 Å². The first kappa shape index (κ1) is 9.52. The molecule has 0 unspecified atom stereocenters. The zero-order valence-corrected chi connectivity index (χ0v) is 9.77. The van der Waals surface area contributed by atoms with Crippen molar-refractivity contribution in [1.29, 1.82) is 0 Å². The van der Waals surface area contributed by atoms with Crippen LogP contribution >= 0.6 is 11.3 Å². The highest BCUT2D eigenvalue weighted by Crippen LogP contribution is 2.30. The lowest BCUT2D eigenvalue weighted by molar-refractivity contribution is 0.576. The lowest BCUT2D eigenvalue weighted by Gasteiger charge is -2.15. The van der Waals surface area contributed by atoms with Crippen molar-refractivity contribution in [3.8, 4) is 0 Å². The molecule has 2 aromatic rings. The number of imidazole rings is 1. The summed E-state index contributed by atoms with van der Waals surface area (Å²) in [6.45, 7) is 8.44. The SMILES string of the molecule is Cc1csc2nc(C(C)(C)C)c(N)n12. The van der Waals surface area contributed by atoms with Gasteiger partial charge in [-0.3, -0.25) is 4.40 Å². The maximum absolute atomic E-state index is 6.08. The minimum absolute atomic E-state index is 0.0161. The third kappa shape index (κ3) is 1.21. The Morgan fingerprint density at radius 2 is 2.07 bits per heavy atom. The molecular formula is C10H15N3S. The largest absolute Gasteiger partial charge is 0.383 e. The van der Waals surface area contributed by atoms with Gasteiger partial charge in [0.1, 0.15) is 5.82 Å². The molecule has 0 radical (unpaired) electrons. The van der Waals surface area contributed by atoms with Crippen LogP contribution < -0.4 is 5.73 Å². The zero-order chi connectivity index (χ0) is 10.5. The maximum Gasteiger partial charge on any atom is 0.195 e. The van der Waals surface area contributed by atoms with Crippen LogP contribution in [0.2, 0.25) is 0 Å². The first-order valence-electron chi connectivity index (χ1n) is 4.64. The predicted octanol–water partition coefficient (Wildman–Crippen LogP) is 2.58. The number of nitrogens with two attached hydrogens (primary N) is 1. The van der Waals surface area contributed by atoms with Crippen LogP contribution in [0.4, 0.5) is 5.82 Å². The van der Waals surface area contributed by atoms with E-state index in [0.29, 0.717) is 0 Å². The molecule has 0 aliphatic carbocycles. The van der Waals surface area contributed by atoms with Crippen LogP contribution in [-0.2, 0) is 5.41 Å². The van der Waals surface area contributed by atoms with Gasteiger partial charge in [-0.05, 0) is 6.92 Å². The molecule has 0 aromatic carbocycles. The highest BCUT2D eigenvalue weighted by Gasteiger charge is 2.23. The van der Waals surface area contributed by atoms with Gasteiger partial charge in [0.2, 0.25) is 0 Å². The average molecular weight is 209 g/mol. The number of fused-ring (bicyclic) bond motifs is 1. The first-order valence-corrected chi connectivity index (χ1v) is 5.51. The van der Waals surface area contributed by atoms with Gasteiger partial charge in [-0.15, -0.1) is 11.3 Å². The van der Waals surface area contributed by atoms with E-state index < -0.39 is 0 Å². The van der Waals surface area contributed by atoms with E-state index in [9.17, 15) is 0 Å². The van der Waals surface area contributed by atoms with E-state index in [1.165, 1.54) is 0 Å². The summed E-state index contributed by atoms with van der Waals surface area (Å²) >= 11 is 1.64. The fourth-order valence-corrected chi connectivity index (χ4v) is 2.45. The molecule has 2 rings (SSSR count). The van der Waals surface area contributed by atoms with Gasteiger partial charge in [0.05, 0.1) is 5.69 Å². The molecule has 0 bridgehead atoms. The Hall–Kier alpha value is -1.03. The van der Waals surface area contributed by atoms with Gasteiger partial charge < -0.3 is 5.73 Å². The quantitative estimate of drug-likeness (QED) is 0.724. The van der Waals surface area contributed by atoms with Crippen LogP contribution in [0.15, 0.2) is 5.38 Å². The summed E-state index contributed by atoms with van der Waals surface area (Å²) in [6.07, 6.45) is 0. The number of hydrogen-bond acceptors (Lipinski definition) is 3. The second kappa shape index (κ2) is 2.73. The van der Waals surface area contributed by atoms with Crippen LogP contribution in [0.25, 0.3) is 4.96 Å². The van der Waals surface area contributed by atoms with Gasteiger partial charge in [-0.25, -0.2) is 4.98 Å². The number of nitrogens with zero attached hydrogens (tertiary/aromatic N) is 2. The summed E-state index contributed by atoms with van der Waals surface area (Å²) < 4.78 is 2.02. The van der Waals surface area contributed by atoms with E-state index in [0.717, 1.165) is 22.2 Å². The van der Waals surface area contributed by atoms with Gasteiger partial charge in [0, 0.05) is 16.5 Å². The topological polar surface area (TPSA) is 43.3 Å². The monoisotopic (exact) mass is 209 g/mol.